The van der Waals surface area contributed by atoms with Gasteiger partial charge in [0.05, 0.1) is 13.0 Å². The molecule has 4 rings (SSSR count). The van der Waals surface area contributed by atoms with E-state index >= 15 is 0 Å². The molecule has 0 saturated heterocycles. The highest BCUT2D eigenvalue weighted by Gasteiger charge is 2.29. The minimum absolute atomic E-state index is 0.0463. The number of carboxylic acid groups (broad SMARTS) is 1. The van der Waals surface area contributed by atoms with Gasteiger partial charge in [-0.1, -0.05) is 60.7 Å². The van der Waals surface area contributed by atoms with Crippen LogP contribution in [0.3, 0.4) is 0 Å². The lowest BCUT2D eigenvalue weighted by Crippen LogP contribution is -2.32. The molecule has 1 atom stereocenters. The van der Waals surface area contributed by atoms with Gasteiger partial charge in [-0.05, 0) is 39.9 Å². The monoisotopic (exact) mass is 417 g/mol. The number of hydrogen-bond donors (Lipinski definition) is 2. The molecule has 158 valence electrons. The number of alkyl carbamates (subject to hydrolysis) is 1. The molecule has 6 heteroatoms. The first-order valence-corrected chi connectivity index (χ1v) is 10.0. The molecule has 0 aliphatic heterocycles. The van der Waals surface area contributed by atoms with E-state index in [1.165, 1.54) is 0 Å². The minimum atomic E-state index is -1.02. The lowest BCUT2D eigenvalue weighted by atomic mass is 9.98. The predicted octanol–water partition coefficient (Wildman–Crippen LogP) is 4.40. The van der Waals surface area contributed by atoms with Gasteiger partial charge in [-0.25, -0.2) is 4.79 Å². The first-order chi connectivity index (χ1) is 15.1. The number of ether oxygens (including phenoxy) is 2. The quantitative estimate of drug-likeness (QED) is 0.595. The van der Waals surface area contributed by atoms with Crippen LogP contribution >= 0.6 is 0 Å². The number of carbonyl (C=O) groups excluding carboxylic acids is 1. The highest BCUT2D eigenvalue weighted by molar-refractivity contribution is 5.79. The number of carboxylic acids is 1. The first kappa shape index (κ1) is 20.5. The Balaban J connectivity index is 1.39. The van der Waals surface area contributed by atoms with E-state index in [0.717, 1.165) is 22.3 Å². The van der Waals surface area contributed by atoms with Gasteiger partial charge in [-0.3, -0.25) is 4.79 Å². The summed E-state index contributed by atoms with van der Waals surface area (Å²) in [5.74, 6) is -1.32. The second-order valence-electron chi connectivity index (χ2n) is 7.37. The van der Waals surface area contributed by atoms with E-state index in [-0.39, 0.29) is 19.1 Å². The van der Waals surface area contributed by atoms with E-state index in [2.05, 4.69) is 17.4 Å². The Morgan fingerprint density at radius 1 is 0.935 bits per heavy atom. The molecule has 0 aromatic heterocycles. The van der Waals surface area contributed by atoms with Crippen LogP contribution < -0.4 is 10.1 Å². The summed E-state index contributed by atoms with van der Waals surface area (Å²) in [6.07, 6.45) is -0.637. The lowest BCUT2D eigenvalue weighted by molar-refractivity contribution is -0.138. The van der Waals surface area contributed by atoms with Gasteiger partial charge in [0.2, 0.25) is 0 Å². The van der Waals surface area contributed by atoms with Gasteiger partial charge in [0, 0.05) is 12.5 Å². The molecule has 0 radical (unpaired) electrons. The Bertz CT molecular complexity index is 1050. The Hall–Kier alpha value is -3.80. The highest BCUT2D eigenvalue weighted by Crippen LogP contribution is 2.44. The van der Waals surface area contributed by atoms with E-state index in [4.69, 9.17) is 9.47 Å². The molecule has 3 aromatic rings. The molecule has 0 spiro atoms. The third-order valence-electron chi connectivity index (χ3n) is 5.61. The molecule has 0 fully saturated rings. The standard InChI is InChI=1S/C25H23NO5/c1-30-17-12-10-16(11-13-17)22(24(27)28)14-26-25(29)31-15-23-20-8-4-2-6-18(20)19-7-3-5-9-21(19)23/h2-13,22-23H,14-15H2,1H3,(H,26,29)(H,27,28). The summed E-state index contributed by atoms with van der Waals surface area (Å²) >= 11 is 0. The third kappa shape index (κ3) is 4.23. The van der Waals surface area contributed by atoms with Crippen molar-refractivity contribution in [1.82, 2.24) is 5.32 Å². The number of nitrogens with one attached hydrogen (secondary N) is 1. The number of aliphatic carboxylic acids is 1. The van der Waals surface area contributed by atoms with E-state index in [1.54, 1.807) is 31.4 Å². The van der Waals surface area contributed by atoms with E-state index in [0.29, 0.717) is 11.3 Å². The van der Waals surface area contributed by atoms with Gasteiger partial charge in [0.15, 0.2) is 0 Å². The van der Waals surface area contributed by atoms with Crippen LogP contribution in [0.15, 0.2) is 72.8 Å². The molecular formula is C25H23NO5. The first-order valence-electron chi connectivity index (χ1n) is 10.0. The average molecular weight is 417 g/mol. The number of benzene rings is 3. The van der Waals surface area contributed by atoms with Crippen molar-refractivity contribution in [3.8, 4) is 16.9 Å². The number of methoxy groups -OCH3 is 1. The Labute approximate surface area is 180 Å². The summed E-state index contributed by atoms with van der Waals surface area (Å²) in [6, 6.07) is 22.9. The van der Waals surface area contributed by atoms with E-state index in [9.17, 15) is 14.7 Å². The normalized spacial score (nSPS) is 13.1. The van der Waals surface area contributed by atoms with Crippen molar-refractivity contribution < 1.29 is 24.2 Å². The van der Waals surface area contributed by atoms with Gasteiger partial charge in [-0.2, -0.15) is 0 Å². The van der Waals surface area contributed by atoms with Gasteiger partial charge < -0.3 is 19.9 Å². The summed E-state index contributed by atoms with van der Waals surface area (Å²) in [7, 11) is 1.54. The van der Waals surface area contributed by atoms with Crippen LogP contribution in [0.4, 0.5) is 4.79 Å². The molecule has 1 amide bonds. The zero-order chi connectivity index (χ0) is 21.8. The van der Waals surface area contributed by atoms with Crippen LogP contribution in [0.25, 0.3) is 11.1 Å². The molecule has 2 N–H and O–H groups in total. The predicted molar refractivity (Wildman–Crippen MR) is 116 cm³/mol. The SMILES string of the molecule is COc1ccc(C(CNC(=O)OCC2c3ccccc3-c3ccccc32)C(=O)O)cc1. The minimum Gasteiger partial charge on any atom is -0.497 e. The number of fused-ring (bicyclic) bond motifs is 3. The fraction of sp³-hybridized carbons (Fsp3) is 0.200. The Morgan fingerprint density at radius 3 is 2.06 bits per heavy atom. The molecule has 0 saturated carbocycles. The van der Waals surface area contributed by atoms with Crippen molar-refractivity contribution in [2.24, 2.45) is 0 Å². The largest absolute Gasteiger partial charge is 0.497 e. The van der Waals surface area contributed by atoms with Crippen LogP contribution in [0.1, 0.15) is 28.5 Å². The fourth-order valence-electron chi connectivity index (χ4n) is 4.02. The molecule has 0 heterocycles. The zero-order valence-corrected chi connectivity index (χ0v) is 17.1. The van der Waals surface area contributed by atoms with Crippen LogP contribution in [0, 0.1) is 0 Å². The topological polar surface area (TPSA) is 84.9 Å². The van der Waals surface area contributed by atoms with Crippen LogP contribution in [0.2, 0.25) is 0 Å². The summed E-state index contributed by atoms with van der Waals surface area (Å²) in [5.41, 5.74) is 5.12. The van der Waals surface area contributed by atoms with Gasteiger partial charge in [0.1, 0.15) is 12.4 Å². The lowest BCUT2D eigenvalue weighted by Gasteiger charge is -2.17. The maximum atomic E-state index is 12.3. The summed E-state index contributed by atoms with van der Waals surface area (Å²) in [6.45, 7) is 0.110. The molecule has 1 aliphatic rings. The maximum absolute atomic E-state index is 12.3. The number of rotatable bonds is 7. The summed E-state index contributed by atoms with van der Waals surface area (Å²) in [5, 5.41) is 12.2. The Kier molecular flexibility index (Phi) is 5.89. The molecule has 3 aromatic carbocycles. The van der Waals surface area contributed by atoms with Crippen LogP contribution in [-0.2, 0) is 9.53 Å². The fourth-order valence-corrected chi connectivity index (χ4v) is 4.02. The van der Waals surface area contributed by atoms with Gasteiger partial charge in [0.25, 0.3) is 0 Å². The van der Waals surface area contributed by atoms with Crippen molar-refractivity contribution in [2.75, 3.05) is 20.3 Å². The van der Waals surface area contributed by atoms with Crippen molar-refractivity contribution >= 4 is 12.1 Å². The van der Waals surface area contributed by atoms with Crippen LogP contribution in [-0.4, -0.2) is 37.4 Å². The maximum Gasteiger partial charge on any atom is 0.407 e. The molecule has 1 unspecified atom stereocenters. The average Bonchev–Trinajstić information content (AvgIpc) is 3.12. The molecule has 6 nitrogen and oxygen atoms in total. The molecule has 31 heavy (non-hydrogen) atoms. The van der Waals surface area contributed by atoms with Crippen molar-refractivity contribution in [3.63, 3.8) is 0 Å². The third-order valence-corrected chi connectivity index (χ3v) is 5.61. The van der Waals surface area contributed by atoms with E-state index in [1.807, 2.05) is 36.4 Å². The number of amides is 1. The summed E-state index contributed by atoms with van der Waals surface area (Å²) < 4.78 is 10.6. The number of carbonyl (C=O) groups is 2. The zero-order valence-electron chi connectivity index (χ0n) is 17.1. The smallest absolute Gasteiger partial charge is 0.407 e. The highest BCUT2D eigenvalue weighted by atomic mass is 16.5. The molecule has 1 aliphatic carbocycles. The number of hydrogen-bond acceptors (Lipinski definition) is 4. The van der Waals surface area contributed by atoms with E-state index < -0.39 is 18.0 Å². The van der Waals surface area contributed by atoms with Crippen molar-refractivity contribution in [3.05, 3.63) is 89.5 Å². The second kappa shape index (κ2) is 8.92. The summed E-state index contributed by atoms with van der Waals surface area (Å²) in [4.78, 5) is 24.0. The van der Waals surface area contributed by atoms with Crippen molar-refractivity contribution in [1.29, 1.82) is 0 Å². The van der Waals surface area contributed by atoms with Gasteiger partial charge >= 0.3 is 12.1 Å². The van der Waals surface area contributed by atoms with Crippen molar-refractivity contribution in [2.45, 2.75) is 11.8 Å². The molecule has 0 bridgehead atoms. The Morgan fingerprint density at radius 2 is 1.52 bits per heavy atom. The van der Waals surface area contributed by atoms with Crippen LogP contribution in [0.5, 0.6) is 5.75 Å². The molecular weight excluding hydrogens is 394 g/mol. The second-order valence-corrected chi connectivity index (χ2v) is 7.37. The van der Waals surface area contributed by atoms with Gasteiger partial charge in [-0.15, -0.1) is 0 Å².